The zero-order valence-electron chi connectivity index (χ0n) is 35.7. The molecule has 0 radical (unpaired) electrons. The third-order valence-electron chi connectivity index (χ3n) is 9.88. The number of hydrogen-bond acceptors (Lipinski definition) is 15. The van der Waals surface area contributed by atoms with E-state index in [2.05, 4.69) is 53.2 Å². The van der Waals surface area contributed by atoms with Crippen molar-refractivity contribution in [3.05, 3.63) is 0 Å². The second kappa shape index (κ2) is 28.2. The third-order valence-corrected chi connectivity index (χ3v) is 9.88. The van der Waals surface area contributed by atoms with E-state index in [-0.39, 0.29) is 13.0 Å². The van der Waals surface area contributed by atoms with Crippen LogP contribution in [0.2, 0.25) is 0 Å². The van der Waals surface area contributed by atoms with E-state index in [9.17, 15) is 63.3 Å². The van der Waals surface area contributed by atoms with Crippen LogP contribution >= 0.6 is 0 Å². The van der Waals surface area contributed by atoms with E-state index in [0.29, 0.717) is 32.2 Å². The van der Waals surface area contributed by atoms with E-state index in [0.717, 1.165) is 6.42 Å². The smallest absolute Gasteiger partial charge is 0.328 e. The number of aliphatic carboxylic acids is 1. The van der Waals surface area contributed by atoms with Gasteiger partial charge in [0.15, 0.2) is 0 Å². The molecule has 9 amide bonds. The lowest BCUT2D eigenvalue weighted by Crippen LogP contribution is -2.61. The third kappa shape index (κ3) is 18.6. The Bertz CT molecular complexity index is 1560. The fourth-order valence-corrected chi connectivity index (χ4v) is 5.76. The van der Waals surface area contributed by atoms with Crippen molar-refractivity contribution in [3.8, 4) is 0 Å². The number of aliphatic hydroxyl groups is 3. The lowest BCUT2D eigenvalue weighted by atomic mass is 9.97. The Morgan fingerprint density at radius 2 is 1.11 bits per heavy atom. The summed E-state index contributed by atoms with van der Waals surface area (Å²) in [6, 6.07) is -11.5. The maximum Gasteiger partial charge on any atom is 0.328 e. The van der Waals surface area contributed by atoms with E-state index in [1.165, 1.54) is 20.8 Å². The van der Waals surface area contributed by atoms with Crippen LogP contribution in [0.3, 0.4) is 0 Å². The first-order valence-electron chi connectivity index (χ1n) is 20.4. The number of carbonyl (C=O) groups excluding carboxylic acids is 9. The number of hydrogen-bond donors (Lipinski definition) is 15. The van der Waals surface area contributed by atoms with Crippen LogP contribution in [0.5, 0.6) is 0 Å². The normalized spacial score (nSPS) is 17.7. The van der Waals surface area contributed by atoms with Gasteiger partial charge in [-0.2, -0.15) is 0 Å². The lowest BCUT2D eigenvalue weighted by Gasteiger charge is -2.29. The van der Waals surface area contributed by atoms with Gasteiger partial charge in [0.2, 0.25) is 53.2 Å². The lowest BCUT2D eigenvalue weighted by molar-refractivity contribution is -0.143. The molecule has 1 aliphatic rings. The highest BCUT2D eigenvalue weighted by atomic mass is 16.4. The predicted molar refractivity (Wildman–Crippen MR) is 218 cm³/mol. The minimum Gasteiger partial charge on any atom is -0.480 e. The minimum absolute atomic E-state index is 0.0565. The minimum atomic E-state index is -1.62. The summed E-state index contributed by atoms with van der Waals surface area (Å²) < 4.78 is 0. The van der Waals surface area contributed by atoms with Gasteiger partial charge in [-0.3, -0.25) is 43.2 Å². The first kappa shape index (κ1) is 54.5. The molecule has 0 aromatic carbocycles. The molecule has 1 saturated heterocycles. The van der Waals surface area contributed by atoms with Crippen molar-refractivity contribution < 1.29 is 68.4 Å². The molecule has 352 valence electrons. The van der Waals surface area contributed by atoms with Crippen LogP contribution in [0.15, 0.2) is 0 Å². The Kier molecular flexibility index (Phi) is 24.8. The zero-order valence-corrected chi connectivity index (χ0v) is 35.7. The summed E-state index contributed by atoms with van der Waals surface area (Å²) >= 11 is 0. The van der Waals surface area contributed by atoms with Crippen LogP contribution in [0.1, 0.15) is 73.1 Å². The van der Waals surface area contributed by atoms with E-state index in [1.807, 2.05) is 0 Å². The zero-order chi connectivity index (χ0) is 47.1. The highest BCUT2D eigenvalue weighted by molar-refractivity contribution is 5.98. The molecule has 1 heterocycles. The van der Waals surface area contributed by atoms with Crippen LogP contribution in [0.25, 0.3) is 0 Å². The van der Waals surface area contributed by atoms with Gasteiger partial charge >= 0.3 is 5.97 Å². The molecule has 0 saturated carbocycles. The van der Waals surface area contributed by atoms with Crippen molar-refractivity contribution in [1.29, 1.82) is 0 Å². The molecule has 62 heavy (non-hydrogen) atoms. The first-order chi connectivity index (χ1) is 29.2. The summed E-state index contributed by atoms with van der Waals surface area (Å²) in [5.74, 6) is -9.51. The van der Waals surface area contributed by atoms with Crippen molar-refractivity contribution >= 4 is 59.1 Å². The number of rotatable bonds is 28. The van der Waals surface area contributed by atoms with Crippen LogP contribution in [-0.2, 0) is 47.9 Å². The maximum absolute atomic E-state index is 13.6. The first-order valence-corrected chi connectivity index (χ1v) is 20.4. The Hall–Kier alpha value is -5.50. The average molecular weight is 888 g/mol. The summed E-state index contributed by atoms with van der Waals surface area (Å²) in [6.07, 6.45) is 2.57. The van der Waals surface area contributed by atoms with Crippen molar-refractivity contribution in [3.63, 3.8) is 0 Å². The van der Waals surface area contributed by atoms with Crippen LogP contribution in [-0.4, -0.2) is 173 Å². The summed E-state index contributed by atoms with van der Waals surface area (Å²) in [6.45, 7) is 4.87. The highest BCUT2D eigenvalue weighted by Crippen LogP contribution is 2.11. The van der Waals surface area contributed by atoms with E-state index < -0.39 is 146 Å². The number of aliphatic hydroxyl groups excluding tert-OH is 3. The number of carboxylic acid groups (broad SMARTS) is 1. The fourth-order valence-electron chi connectivity index (χ4n) is 5.76. The second-order valence-corrected chi connectivity index (χ2v) is 14.9. The van der Waals surface area contributed by atoms with Gasteiger partial charge in [-0.05, 0) is 71.9 Å². The summed E-state index contributed by atoms with van der Waals surface area (Å²) in [5.41, 5.74) is 5.59. The molecule has 0 spiro atoms. The van der Waals surface area contributed by atoms with E-state index >= 15 is 0 Å². The van der Waals surface area contributed by atoms with Gasteiger partial charge in [-0.25, -0.2) is 4.79 Å². The van der Waals surface area contributed by atoms with Crippen LogP contribution in [0.4, 0.5) is 0 Å². The summed E-state index contributed by atoms with van der Waals surface area (Å²) in [7, 11) is 0. The summed E-state index contributed by atoms with van der Waals surface area (Å²) in [4.78, 5) is 127. The number of amides is 9. The van der Waals surface area contributed by atoms with Gasteiger partial charge < -0.3 is 79.3 Å². The van der Waals surface area contributed by atoms with Gasteiger partial charge in [-0.15, -0.1) is 0 Å². The largest absolute Gasteiger partial charge is 0.480 e. The van der Waals surface area contributed by atoms with Gasteiger partial charge in [0.1, 0.15) is 48.3 Å². The highest BCUT2D eigenvalue weighted by Gasteiger charge is 2.34. The second-order valence-electron chi connectivity index (χ2n) is 14.9. The molecule has 25 nitrogen and oxygen atoms in total. The number of nitrogens with one attached hydrogen (secondary N) is 10. The number of nitrogens with two attached hydrogens (primary N) is 1. The summed E-state index contributed by atoms with van der Waals surface area (Å²) in [5, 5.41) is 62.0. The SMILES string of the molecule is CC[C@H](C)[C@H](NC(=O)[C@H](CO)NC(=O)[C@H](C)NC(=O)[C@H](C)NC(=O)CNC(=O)[C@H](CO)NC(=O)[C@@H]1CCCN1)C(=O)N[C@@H](CCCCN)C(=O)N[C@@H](C)C(=O)N[C@@H](CO)C(=O)O. The molecule has 0 aromatic heterocycles. The molecule has 0 bridgehead atoms. The Balaban J connectivity index is 2.86. The molecule has 0 unspecified atom stereocenters. The molecular weight excluding hydrogens is 822 g/mol. The topological polar surface area (TPSA) is 398 Å². The van der Waals surface area contributed by atoms with Gasteiger partial charge in [0, 0.05) is 0 Å². The quantitative estimate of drug-likeness (QED) is 0.0325. The Labute approximate surface area is 359 Å². The van der Waals surface area contributed by atoms with E-state index in [4.69, 9.17) is 10.8 Å². The molecular formula is C37H65N11O14. The van der Waals surface area contributed by atoms with Crippen LogP contribution in [0, 0.1) is 5.92 Å². The number of carboxylic acids is 1. The van der Waals surface area contributed by atoms with Gasteiger partial charge in [0.05, 0.1) is 32.4 Å². The maximum atomic E-state index is 13.6. The monoisotopic (exact) mass is 887 g/mol. The standard InChI is InChI=1S/C37H65N11O14/c1-6-18(2)28(36(60)44-23(10-7-8-12-38)34(58)43-21(5)31(55)47-26(17-51)37(61)62)48-35(59)25(16-50)45-30(54)20(4)42-29(53)19(3)41-27(52)14-40-32(56)24(15-49)46-33(57)22-11-9-13-39-22/h18-26,28,39,49-51H,6-17,38H2,1-5H3,(H,40,56)(H,41,52)(H,42,53)(H,43,58)(H,44,60)(H,45,54)(H,46,57)(H,47,55)(H,48,59)(H,61,62)/t18-,19-,20-,21-,22-,23-,24-,25-,26-,28-/m0/s1. The molecule has 1 fully saturated rings. The molecule has 1 rings (SSSR count). The van der Waals surface area contributed by atoms with Crippen molar-refractivity contribution in [2.45, 2.75) is 128 Å². The average Bonchev–Trinajstić information content (AvgIpc) is 3.79. The van der Waals surface area contributed by atoms with Gasteiger partial charge in [-0.1, -0.05) is 20.3 Å². The molecule has 0 aliphatic carbocycles. The molecule has 1 aliphatic heterocycles. The van der Waals surface area contributed by atoms with Crippen molar-refractivity contribution in [1.82, 2.24) is 53.2 Å². The molecule has 10 atom stereocenters. The Morgan fingerprint density at radius 1 is 0.613 bits per heavy atom. The molecule has 0 aromatic rings. The Morgan fingerprint density at radius 3 is 1.63 bits per heavy atom. The van der Waals surface area contributed by atoms with Crippen molar-refractivity contribution in [2.24, 2.45) is 11.7 Å². The van der Waals surface area contributed by atoms with Gasteiger partial charge in [0.25, 0.3) is 0 Å². The molecule has 16 N–H and O–H groups in total. The number of carbonyl (C=O) groups is 10. The fraction of sp³-hybridized carbons (Fsp3) is 0.730. The van der Waals surface area contributed by atoms with E-state index in [1.54, 1.807) is 13.8 Å². The predicted octanol–water partition coefficient (Wildman–Crippen LogP) is -6.97. The van der Waals surface area contributed by atoms with Crippen LogP contribution < -0.4 is 58.9 Å². The van der Waals surface area contributed by atoms with Crippen molar-refractivity contribution in [2.75, 3.05) is 39.5 Å². The molecule has 25 heteroatoms. The number of unbranched alkanes of at least 4 members (excludes halogenated alkanes) is 1.